The molecule has 0 unspecified atom stereocenters. The Labute approximate surface area is 278 Å². The van der Waals surface area contributed by atoms with Gasteiger partial charge in [0.05, 0.1) is 14.4 Å². The fraction of sp³-hybridized carbons (Fsp3) is 0.640. The number of primary amides is 1. The molecule has 0 heterocycles. The van der Waals surface area contributed by atoms with Crippen LogP contribution < -0.4 is 74.6 Å². The average Bonchev–Trinajstić information content (AvgIpc) is 2.78. The molecule has 0 aliphatic carbocycles. The molecule has 0 aliphatic heterocycles. The smallest absolute Gasteiger partial charge is 0.790 e. The topological polar surface area (TPSA) is 168 Å². The summed E-state index contributed by atoms with van der Waals surface area (Å²) in [6.07, 6.45) is 8.63. The van der Waals surface area contributed by atoms with Crippen molar-refractivity contribution in [3.8, 4) is 35.5 Å². The van der Waals surface area contributed by atoms with E-state index < -0.39 is 39.1 Å². The van der Waals surface area contributed by atoms with E-state index in [1.165, 1.54) is 39.0 Å². The van der Waals surface area contributed by atoms with Crippen LogP contribution in [0.5, 0.6) is 0 Å². The molecule has 0 rings (SSSR count). The van der Waals surface area contributed by atoms with E-state index in [-0.39, 0.29) is 78.6 Å². The van der Waals surface area contributed by atoms with Gasteiger partial charge in [-0.3, -0.25) is 9.59 Å². The van der Waals surface area contributed by atoms with Gasteiger partial charge in [-0.15, -0.1) is 0 Å². The van der Waals surface area contributed by atoms with Crippen LogP contribution in [0.4, 0.5) is 0 Å². The Morgan fingerprint density at radius 2 is 1.39 bits per heavy atom. The molecular weight excluding hydrogens is 535 g/mol. The quantitative estimate of drug-likeness (QED) is 0.0498. The maximum Gasteiger partial charge on any atom is 1.00 e. The third kappa shape index (κ3) is 39.7. The summed E-state index contributed by atoms with van der Waals surface area (Å²) in [5, 5.41) is 0. The number of hydrogen-bond donors (Lipinski definition) is 1. The molecule has 1 amide bonds. The van der Waals surface area contributed by atoms with Gasteiger partial charge in [-0.1, -0.05) is 64.2 Å². The second-order valence-corrected chi connectivity index (χ2v) is 8.67. The van der Waals surface area contributed by atoms with Crippen LogP contribution in [0, 0.1) is 35.5 Å². The number of esters is 2. The molecule has 0 aromatic carbocycles. The standard InChI is InChI=1S/C23H33O8P.C2H5NO.2Na.5H2/c1-3-5-7-9-10-11-12-14-16-18-23(25)31-21(20-30-32(26,27)28)19-29-22(24)17-15-13-8-6-4-2;1-2(3)4;;;;;;;/h21H,3,5,7,9-12,14,16,18-20H2,1-2H3,(H2,26,27,28);1H3,(H2,3,4);;;5*1H/q;;2*+1;;;;;/p-2/t21-;;;;;;;;/m1......../s1. The van der Waals surface area contributed by atoms with Gasteiger partial charge in [-0.2, -0.15) is 0 Å². The van der Waals surface area contributed by atoms with E-state index in [2.05, 4.69) is 52.7 Å². The Morgan fingerprint density at radius 1 is 0.895 bits per heavy atom. The van der Waals surface area contributed by atoms with Crippen molar-refractivity contribution >= 4 is 25.7 Å². The minimum absolute atomic E-state index is 0. The van der Waals surface area contributed by atoms with Crippen LogP contribution in [0.25, 0.3) is 0 Å². The van der Waals surface area contributed by atoms with E-state index >= 15 is 0 Å². The van der Waals surface area contributed by atoms with Crippen molar-refractivity contribution in [3.63, 3.8) is 0 Å². The van der Waals surface area contributed by atoms with Crippen molar-refractivity contribution in [3.05, 3.63) is 0 Å². The molecule has 0 aromatic heterocycles. The molecule has 38 heavy (non-hydrogen) atoms. The Bertz CT molecular complexity index is 908. The Morgan fingerprint density at radius 3 is 1.89 bits per heavy atom. The fourth-order valence-electron chi connectivity index (χ4n) is 2.53. The number of phosphoric acid groups is 1. The number of carbonyl (C=O) groups is 3. The maximum absolute atomic E-state index is 12.0. The molecule has 212 valence electrons. The molecule has 0 bridgehead atoms. The summed E-state index contributed by atoms with van der Waals surface area (Å²) in [7, 11) is -5.27. The van der Waals surface area contributed by atoms with E-state index in [4.69, 9.17) is 9.47 Å². The number of carbonyl (C=O) groups excluding carboxylic acids is 3. The van der Waals surface area contributed by atoms with Gasteiger partial charge in [0.2, 0.25) is 5.91 Å². The summed E-state index contributed by atoms with van der Waals surface area (Å²) in [5.74, 6) is 12.1. The van der Waals surface area contributed by atoms with Gasteiger partial charge in [0.15, 0.2) is 6.10 Å². The molecule has 1 atom stereocenters. The molecule has 0 aliphatic rings. The number of unbranched alkanes of at least 4 members (excludes halogenated alkanes) is 8. The van der Waals surface area contributed by atoms with Crippen LogP contribution in [0.15, 0.2) is 0 Å². The van der Waals surface area contributed by atoms with Gasteiger partial charge < -0.3 is 34.1 Å². The number of rotatable bonds is 16. The number of phosphoric ester groups is 1. The average molecular weight is 582 g/mol. The summed E-state index contributed by atoms with van der Waals surface area (Å²) in [6, 6.07) is 0. The molecule has 0 fully saturated rings. The molecule has 0 saturated carbocycles. The Kier molecular flexibility index (Phi) is 35.8. The molecule has 0 radical (unpaired) electrons. The summed E-state index contributed by atoms with van der Waals surface area (Å²) in [4.78, 5) is 54.2. The van der Waals surface area contributed by atoms with Crippen molar-refractivity contribution in [1.29, 1.82) is 0 Å². The largest absolute Gasteiger partial charge is 1.00 e. The number of hydrogen-bond acceptors (Lipinski definition) is 9. The van der Waals surface area contributed by atoms with Crippen molar-refractivity contribution < 1.29 is 109 Å². The van der Waals surface area contributed by atoms with Gasteiger partial charge >= 0.3 is 71.1 Å². The SMILES string of the molecule is CC#CC#CC#CC(=O)OC[C@H](COP(=O)([O-])[O-])OC(=O)CCCCCCCCCCC.CC(N)=O.[HH].[HH].[HH].[HH].[HH].[Na+].[Na+]. The molecule has 0 aromatic rings. The van der Waals surface area contributed by atoms with Gasteiger partial charge in [0.1, 0.15) is 6.61 Å². The predicted octanol–water partition coefficient (Wildman–Crippen LogP) is -3.03. The van der Waals surface area contributed by atoms with Crippen LogP contribution >= 0.6 is 7.82 Å². The summed E-state index contributed by atoms with van der Waals surface area (Å²) < 4.78 is 24.7. The second kappa shape index (κ2) is 30.7. The predicted molar refractivity (Wildman–Crippen MR) is 141 cm³/mol. The zero-order valence-electron chi connectivity index (χ0n) is 23.3. The first-order valence-corrected chi connectivity index (χ1v) is 13.2. The van der Waals surface area contributed by atoms with Gasteiger partial charge in [0, 0.05) is 26.4 Å². The van der Waals surface area contributed by atoms with E-state index in [1.54, 1.807) is 6.92 Å². The first-order chi connectivity index (χ1) is 17.0. The third-order valence-electron chi connectivity index (χ3n) is 4.08. The normalized spacial score (nSPS) is 9.92. The molecule has 0 spiro atoms. The maximum atomic E-state index is 12.0. The van der Waals surface area contributed by atoms with Crippen molar-refractivity contribution in [2.75, 3.05) is 13.2 Å². The zero-order chi connectivity index (χ0) is 27.7. The number of ether oxygens (including phenoxy) is 2. The zero-order valence-corrected chi connectivity index (χ0v) is 28.2. The monoisotopic (exact) mass is 581 g/mol. The minimum Gasteiger partial charge on any atom is -0.790 e. The Balaban J connectivity index is -0.000000141. The van der Waals surface area contributed by atoms with Crippen LogP contribution in [0.3, 0.4) is 0 Å². The van der Waals surface area contributed by atoms with Gasteiger partial charge in [-0.05, 0) is 37.0 Å². The molecule has 13 heteroatoms. The van der Waals surface area contributed by atoms with Crippen molar-refractivity contribution in [2.45, 2.75) is 91.1 Å². The van der Waals surface area contributed by atoms with Gasteiger partial charge in [0.25, 0.3) is 0 Å². The van der Waals surface area contributed by atoms with Gasteiger partial charge in [-0.25, -0.2) is 4.79 Å². The second-order valence-electron chi connectivity index (χ2n) is 7.52. The van der Waals surface area contributed by atoms with Crippen LogP contribution in [-0.4, -0.2) is 37.2 Å². The first-order valence-electron chi connectivity index (χ1n) is 11.7. The summed E-state index contributed by atoms with van der Waals surface area (Å²) >= 11 is 0. The summed E-state index contributed by atoms with van der Waals surface area (Å²) in [5.41, 5.74) is 4.47. The fourth-order valence-corrected chi connectivity index (χ4v) is 2.88. The molecule has 10 nitrogen and oxygen atoms in total. The first kappa shape index (κ1) is 44.2. The van der Waals surface area contributed by atoms with E-state index in [0.717, 1.165) is 19.3 Å². The Hall–Kier alpha value is -0.800. The van der Waals surface area contributed by atoms with E-state index in [9.17, 15) is 28.7 Å². The van der Waals surface area contributed by atoms with E-state index in [0.29, 0.717) is 6.42 Å². The molecule has 0 saturated heterocycles. The van der Waals surface area contributed by atoms with Crippen LogP contribution in [-0.2, 0) is 32.9 Å². The number of nitrogens with two attached hydrogens (primary N) is 1. The summed E-state index contributed by atoms with van der Waals surface area (Å²) in [6.45, 7) is 3.81. The molecular formula is C25H46NNa2O9P. The number of amides is 1. The van der Waals surface area contributed by atoms with Crippen LogP contribution in [0.2, 0.25) is 0 Å². The molecule has 2 N–H and O–H groups in total. The van der Waals surface area contributed by atoms with Crippen molar-refractivity contribution in [2.24, 2.45) is 5.73 Å². The van der Waals surface area contributed by atoms with Crippen LogP contribution in [0.1, 0.15) is 92.1 Å². The third-order valence-corrected chi connectivity index (χ3v) is 4.54. The van der Waals surface area contributed by atoms with Crippen molar-refractivity contribution in [1.82, 2.24) is 0 Å². The van der Waals surface area contributed by atoms with E-state index in [1.807, 2.05) is 0 Å². The minimum atomic E-state index is -5.27.